The van der Waals surface area contributed by atoms with Gasteiger partial charge in [-0.3, -0.25) is 14.9 Å². The van der Waals surface area contributed by atoms with E-state index in [1.165, 1.54) is 18.2 Å². The van der Waals surface area contributed by atoms with Crippen LogP contribution in [0.2, 0.25) is 0 Å². The molecule has 0 spiro atoms. The molecule has 2 heterocycles. The minimum Gasteiger partial charge on any atom is -0.457 e. The van der Waals surface area contributed by atoms with E-state index in [9.17, 15) is 14.4 Å². The Hall–Kier alpha value is -3.22. The van der Waals surface area contributed by atoms with Gasteiger partial charge in [0.05, 0.1) is 11.2 Å². The van der Waals surface area contributed by atoms with Crippen LogP contribution in [0.25, 0.3) is 17.0 Å². The van der Waals surface area contributed by atoms with E-state index in [2.05, 4.69) is 10.4 Å². The zero-order valence-corrected chi connectivity index (χ0v) is 15.6. The lowest BCUT2D eigenvalue weighted by molar-refractivity contribution is -0.148. The third-order valence-corrected chi connectivity index (χ3v) is 3.96. The smallest absolute Gasteiger partial charge is 0.331 e. The maximum atomic E-state index is 12.2. The number of carbonyl (C=O) groups is 3. The van der Waals surface area contributed by atoms with Gasteiger partial charge >= 0.3 is 5.97 Å². The highest BCUT2D eigenvalue weighted by Crippen LogP contribution is 2.27. The fourth-order valence-electron chi connectivity index (χ4n) is 2.95. The van der Waals surface area contributed by atoms with Crippen LogP contribution in [0.3, 0.4) is 0 Å². The molecule has 1 aliphatic heterocycles. The van der Waals surface area contributed by atoms with Gasteiger partial charge in [-0.15, -0.1) is 0 Å². The van der Waals surface area contributed by atoms with Crippen molar-refractivity contribution in [2.45, 2.75) is 39.3 Å². The largest absolute Gasteiger partial charge is 0.457 e. The minimum atomic E-state index is -0.705. The number of carbonyl (C=O) groups excluding carboxylic acids is 3. The molecule has 1 aromatic heterocycles. The molecule has 0 radical (unpaired) electrons. The molecule has 140 valence electrons. The Morgan fingerprint density at radius 1 is 1.30 bits per heavy atom. The second-order valence-electron chi connectivity index (χ2n) is 7.30. The van der Waals surface area contributed by atoms with Crippen LogP contribution in [0, 0.1) is 6.92 Å². The maximum Gasteiger partial charge on any atom is 0.331 e. The third kappa shape index (κ3) is 3.97. The van der Waals surface area contributed by atoms with Gasteiger partial charge in [-0.25, -0.2) is 9.48 Å². The molecule has 1 N–H and O–H groups in total. The van der Waals surface area contributed by atoms with Crippen molar-refractivity contribution in [2.24, 2.45) is 0 Å². The molecule has 1 atom stereocenters. The van der Waals surface area contributed by atoms with E-state index in [0.29, 0.717) is 5.69 Å². The fourth-order valence-corrected chi connectivity index (χ4v) is 2.95. The van der Waals surface area contributed by atoms with Crippen molar-refractivity contribution in [2.75, 3.05) is 0 Å². The summed E-state index contributed by atoms with van der Waals surface area (Å²) in [6.45, 7) is 7.25. The quantitative estimate of drug-likeness (QED) is 0.511. The summed E-state index contributed by atoms with van der Waals surface area (Å²) < 4.78 is 6.86. The Bertz CT molecular complexity index is 993. The van der Waals surface area contributed by atoms with Crippen LogP contribution in [0.1, 0.15) is 38.1 Å². The van der Waals surface area contributed by atoms with E-state index >= 15 is 0 Å². The van der Waals surface area contributed by atoms with Gasteiger partial charge in [0.1, 0.15) is 11.6 Å². The fraction of sp³-hybridized carbons (Fsp3) is 0.300. The Kier molecular flexibility index (Phi) is 4.70. The number of esters is 1. The summed E-state index contributed by atoms with van der Waals surface area (Å²) in [6.07, 6.45) is 5.90. The van der Waals surface area contributed by atoms with E-state index in [0.717, 1.165) is 16.5 Å². The van der Waals surface area contributed by atoms with Crippen molar-refractivity contribution in [1.82, 2.24) is 15.1 Å². The number of imide groups is 1. The van der Waals surface area contributed by atoms with Crippen LogP contribution in [-0.2, 0) is 19.1 Å². The predicted molar refractivity (Wildman–Crippen MR) is 101 cm³/mol. The lowest BCUT2D eigenvalue weighted by Gasteiger charge is -2.18. The first kappa shape index (κ1) is 18.6. The topological polar surface area (TPSA) is 90.3 Å². The van der Waals surface area contributed by atoms with Gasteiger partial charge in [0.15, 0.2) is 0 Å². The summed E-state index contributed by atoms with van der Waals surface area (Å²) in [5.41, 5.74) is 1.68. The van der Waals surface area contributed by atoms with Crippen LogP contribution >= 0.6 is 0 Å². The second-order valence-corrected chi connectivity index (χ2v) is 7.30. The number of nitrogens with one attached hydrogen (secondary N) is 1. The summed E-state index contributed by atoms with van der Waals surface area (Å²) in [4.78, 5) is 35.4. The van der Waals surface area contributed by atoms with Crippen molar-refractivity contribution >= 4 is 34.8 Å². The lowest BCUT2D eigenvalue weighted by Crippen LogP contribution is -2.38. The zero-order valence-electron chi connectivity index (χ0n) is 15.6. The Morgan fingerprint density at radius 2 is 2.04 bits per heavy atom. The molecule has 2 amide bonds. The molecule has 0 fully saturated rings. The average molecular weight is 367 g/mol. The standard InChI is InChI=1S/C20H21N3O4/c1-12-18-13(8-11-17(25)27-20(2,3)4)6-5-7-14(18)23(22-12)15-9-10-16(24)21-19(15)26/h5-11,15H,1-4H3,(H,21,24,26)/b11-8+. The molecule has 1 aliphatic rings. The highest BCUT2D eigenvalue weighted by atomic mass is 16.6. The minimum absolute atomic E-state index is 0.429. The second kappa shape index (κ2) is 6.83. The number of benzene rings is 1. The van der Waals surface area contributed by atoms with Crippen molar-refractivity contribution < 1.29 is 19.1 Å². The van der Waals surface area contributed by atoms with Crippen LogP contribution < -0.4 is 5.32 Å². The van der Waals surface area contributed by atoms with Crippen LogP contribution in [-0.4, -0.2) is 33.2 Å². The zero-order chi connectivity index (χ0) is 19.8. The normalized spacial score (nSPS) is 17.6. The molecule has 2 aromatic rings. The average Bonchev–Trinajstić information content (AvgIpc) is 2.89. The van der Waals surface area contributed by atoms with Gasteiger partial charge < -0.3 is 4.74 Å². The Balaban J connectivity index is 2.00. The van der Waals surface area contributed by atoms with Gasteiger partial charge in [-0.1, -0.05) is 12.1 Å². The summed E-state index contributed by atoms with van der Waals surface area (Å²) in [6, 6.07) is 4.83. The maximum absolute atomic E-state index is 12.2. The van der Waals surface area contributed by atoms with Crippen LogP contribution in [0.15, 0.2) is 36.4 Å². The lowest BCUT2D eigenvalue weighted by atomic mass is 10.1. The molecule has 7 heteroatoms. The number of hydrogen-bond donors (Lipinski definition) is 1. The SMILES string of the molecule is Cc1nn(C2C=CC(=O)NC2=O)c2cccc(/C=C/C(=O)OC(C)(C)C)c12. The van der Waals surface area contributed by atoms with Gasteiger partial charge in [-0.05, 0) is 51.5 Å². The van der Waals surface area contributed by atoms with Gasteiger partial charge in [0.25, 0.3) is 5.91 Å². The summed E-state index contributed by atoms with van der Waals surface area (Å²) >= 11 is 0. The molecule has 0 saturated carbocycles. The van der Waals surface area contributed by atoms with E-state index < -0.39 is 29.4 Å². The Labute approximate surface area is 156 Å². The molecule has 27 heavy (non-hydrogen) atoms. The van der Waals surface area contributed by atoms with Gasteiger partial charge in [0.2, 0.25) is 5.91 Å². The first-order valence-corrected chi connectivity index (χ1v) is 8.57. The molecular formula is C20H21N3O4. The van der Waals surface area contributed by atoms with E-state index in [1.54, 1.807) is 31.5 Å². The van der Waals surface area contributed by atoms with Crippen molar-refractivity contribution in [1.29, 1.82) is 0 Å². The molecular weight excluding hydrogens is 346 g/mol. The number of aromatic nitrogens is 2. The highest BCUT2D eigenvalue weighted by molar-refractivity contribution is 6.06. The summed E-state index contributed by atoms with van der Waals surface area (Å²) in [5, 5.41) is 7.59. The summed E-state index contributed by atoms with van der Waals surface area (Å²) in [5.74, 6) is -1.30. The molecule has 1 unspecified atom stereocenters. The number of amides is 2. The summed E-state index contributed by atoms with van der Waals surface area (Å²) in [7, 11) is 0. The number of nitrogens with zero attached hydrogens (tertiary/aromatic N) is 2. The molecule has 0 saturated heterocycles. The number of hydrogen-bond acceptors (Lipinski definition) is 5. The van der Waals surface area contributed by atoms with Crippen LogP contribution in [0.4, 0.5) is 0 Å². The third-order valence-electron chi connectivity index (χ3n) is 3.96. The number of ether oxygens (including phenoxy) is 1. The predicted octanol–water partition coefficient (Wildman–Crippen LogP) is 2.45. The van der Waals surface area contributed by atoms with Crippen molar-refractivity contribution in [3.8, 4) is 0 Å². The first-order valence-electron chi connectivity index (χ1n) is 8.57. The molecule has 3 rings (SSSR count). The monoisotopic (exact) mass is 367 g/mol. The van der Waals surface area contributed by atoms with E-state index in [-0.39, 0.29) is 0 Å². The number of rotatable bonds is 3. The molecule has 7 nitrogen and oxygen atoms in total. The first-order chi connectivity index (χ1) is 12.7. The van der Waals surface area contributed by atoms with Gasteiger partial charge in [0, 0.05) is 17.5 Å². The number of aryl methyl sites for hydroxylation is 1. The highest BCUT2D eigenvalue weighted by Gasteiger charge is 2.26. The van der Waals surface area contributed by atoms with Gasteiger partial charge in [-0.2, -0.15) is 5.10 Å². The molecule has 1 aromatic carbocycles. The molecule has 0 aliphatic carbocycles. The van der Waals surface area contributed by atoms with E-state index in [4.69, 9.17) is 4.74 Å². The van der Waals surface area contributed by atoms with Crippen molar-refractivity contribution in [3.05, 3.63) is 47.7 Å². The van der Waals surface area contributed by atoms with Crippen LogP contribution in [0.5, 0.6) is 0 Å². The number of fused-ring (bicyclic) bond motifs is 1. The Morgan fingerprint density at radius 3 is 2.70 bits per heavy atom. The molecule has 0 bridgehead atoms. The van der Waals surface area contributed by atoms with Crippen molar-refractivity contribution in [3.63, 3.8) is 0 Å². The van der Waals surface area contributed by atoms with E-state index in [1.807, 2.05) is 25.1 Å².